The first-order chi connectivity index (χ1) is 7.79. The van der Waals surface area contributed by atoms with E-state index < -0.39 is 0 Å². The molecule has 0 aliphatic carbocycles. The standard InChI is InChI=1S/C12H18FN3/c13-11-5-10(7-15-8-11)9-16-4-2-1-3-12(16)6-14/h5,7-8,12H,1-4,6,9,14H2. The van der Waals surface area contributed by atoms with Gasteiger partial charge < -0.3 is 5.73 Å². The molecule has 0 saturated carbocycles. The van der Waals surface area contributed by atoms with Crippen LogP contribution < -0.4 is 5.73 Å². The quantitative estimate of drug-likeness (QED) is 0.845. The lowest BCUT2D eigenvalue weighted by atomic mass is 10.0. The Labute approximate surface area is 95.5 Å². The van der Waals surface area contributed by atoms with E-state index in [1.807, 2.05) is 0 Å². The molecule has 3 nitrogen and oxygen atoms in total. The summed E-state index contributed by atoms with van der Waals surface area (Å²) in [5.41, 5.74) is 6.68. The average Bonchev–Trinajstić information content (AvgIpc) is 2.30. The van der Waals surface area contributed by atoms with Crippen molar-refractivity contribution in [1.29, 1.82) is 0 Å². The molecule has 1 aromatic heterocycles. The van der Waals surface area contributed by atoms with Crippen molar-refractivity contribution >= 4 is 0 Å². The molecule has 16 heavy (non-hydrogen) atoms. The molecule has 0 spiro atoms. The molecule has 1 aliphatic rings. The molecule has 1 atom stereocenters. The number of pyridine rings is 1. The van der Waals surface area contributed by atoms with E-state index in [1.54, 1.807) is 12.3 Å². The highest BCUT2D eigenvalue weighted by molar-refractivity contribution is 5.10. The van der Waals surface area contributed by atoms with Crippen molar-refractivity contribution in [2.24, 2.45) is 5.73 Å². The topological polar surface area (TPSA) is 42.1 Å². The molecular formula is C12H18FN3. The maximum absolute atomic E-state index is 13.0. The van der Waals surface area contributed by atoms with Gasteiger partial charge in [0.15, 0.2) is 0 Å². The number of likely N-dealkylation sites (tertiary alicyclic amines) is 1. The minimum absolute atomic E-state index is 0.265. The SMILES string of the molecule is NCC1CCCCN1Cc1cncc(F)c1. The number of hydrogen-bond acceptors (Lipinski definition) is 3. The third-order valence-electron chi connectivity index (χ3n) is 3.17. The van der Waals surface area contributed by atoms with Crippen LogP contribution >= 0.6 is 0 Å². The number of aromatic nitrogens is 1. The highest BCUT2D eigenvalue weighted by Crippen LogP contribution is 2.18. The summed E-state index contributed by atoms with van der Waals surface area (Å²) >= 11 is 0. The van der Waals surface area contributed by atoms with Gasteiger partial charge in [-0.05, 0) is 31.0 Å². The van der Waals surface area contributed by atoms with Crippen molar-refractivity contribution in [3.8, 4) is 0 Å². The monoisotopic (exact) mass is 223 g/mol. The maximum Gasteiger partial charge on any atom is 0.141 e. The fourth-order valence-corrected chi connectivity index (χ4v) is 2.31. The molecule has 0 radical (unpaired) electrons. The van der Waals surface area contributed by atoms with E-state index >= 15 is 0 Å². The summed E-state index contributed by atoms with van der Waals surface area (Å²) in [6, 6.07) is 1.99. The number of nitrogens with zero attached hydrogens (tertiary/aromatic N) is 2. The Morgan fingerprint density at radius 3 is 3.06 bits per heavy atom. The molecule has 0 aromatic carbocycles. The second kappa shape index (κ2) is 5.37. The fourth-order valence-electron chi connectivity index (χ4n) is 2.31. The van der Waals surface area contributed by atoms with Gasteiger partial charge in [-0.2, -0.15) is 0 Å². The van der Waals surface area contributed by atoms with Gasteiger partial charge in [0, 0.05) is 25.3 Å². The summed E-state index contributed by atoms with van der Waals surface area (Å²) < 4.78 is 13.0. The van der Waals surface area contributed by atoms with Gasteiger partial charge in [0.05, 0.1) is 6.20 Å². The van der Waals surface area contributed by atoms with Crippen LogP contribution in [0.15, 0.2) is 18.5 Å². The number of piperidine rings is 1. The lowest BCUT2D eigenvalue weighted by Crippen LogP contribution is -2.43. The lowest BCUT2D eigenvalue weighted by Gasteiger charge is -2.34. The molecule has 0 bridgehead atoms. The Morgan fingerprint density at radius 1 is 1.44 bits per heavy atom. The Bertz CT molecular complexity index is 343. The highest BCUT2D eigenvalue weighted by atomic mass is 19.1. The first-order valence-electron chi connectivity index (χ1n) is 5.83. The van der Waals surface area contributed by atoms with E-state index in [1.165, 1.54) is 19.0 Å². The molecule has 2 rings (SSSR count). The van der Waals surface area contributed by atoms with Crippen LogP contribution in [0, 0.1) is 5.82 Å². The third-order valence-corrected chi connectivity index (χ3v) is 3.17. The summed E-state index contributed by atoms with van der Waals surface area (Å²) in [5.74, 6) is -0.265. The van der Waals surface area contributed by atoms with Gasteiger partial charge in [-0.25, -0.2) is 4.39 Å². The zero-order valence-electron chi connectivity index (χ0n) is 9.40. The van der Waals surface area contributed by atoms with Crippen molar-refractivity contribution in [2.75, 3.05) is 13.1 Å². The van der Waals surface area contributed by atoms with Crippen LogP contribution in [0.4, 0.5) is 4.39 Å². The largest absolute Gasteiger partial charge is 0.329 e. The molecule has 1 saturated heterocycles. The molecule has 0 amide bonds. The Hall–Kier alpha value is -1.00. The van der Waals surface area contributed by atoms with Crippen molar-refractivity contribution < 1.29 is 4.39 Å². The van der Waals surface area contributed by atoms with Crippen LogP contribution in [0.3, 0.4) is 0 Å². The summed E-state index contributed by atoms with van der Waals surface area (Å²) in [6.07, 6.45) is 6.57. The molecule has 4 heteroatoms. The predicted molar refractivity (Wildman–Crippen MR) is 61.3 cm³/mol. The fraction of sp³-hybridized carbons (Fsp3) is 0.583. The van der Waals surface area contributed by atoms with Crippen LogP contribution in [-0.4, -0.2) is 29.0 Å². The minimum Gasteiger partial charge on any atom is -0.329 e. The van der Waals surface area contributed by atoms with Gasteiger partial charge in [0.1, 0.15) is 5.82 Å². The summed E-state index contributed by atoms with van der Waals surface area (Å²) in [5, 5.41) is 0. The zero-order valence-corrected chi connectivity index (χ0v) is 9.40. The van der Waals surface area contributed by atoms with E-state index in [2.05, 4.69) is 9.88 Å². The summed E-state index contributed by atoms with van der Waals surface area (Å²) in [7, 11) is 0. The van der Waals surface area contributed by atoms with Gasteiger partial charge in [0.25, 0.3) is 0 Å². The number of hydrogen-bond donors (Lipinski definition) is 1. The first kappa shape index (κ1) is 11.5. The Balaban J connectivity index is 2.02. The van der Waals surface area contributed by atoms with Gasteiger partial charge in [-0.1, -0.05) is 6.42 Å². The van der Waals surface area contributed by atoms with E-state index in [9.17, 15) is 4.39 Å². The Kier molecular flexibility index (Phi) is 3.85. The van der Waals surface area contributed by atoms with Crippen molar-refractivity contribution in [2.45, 2.75) is 31.8 Å². The van der Waals surface area contributed by atoms with E-state index in [0.717, 1.165) is 25.1 Å². The zero-order chi connectivity index (χ0) is 11.4. The van der Waals surface area contributed by atoms with Gasteiger partial charge in [-0.3, -0.25) is 9.88 Å². The van der Waals surface area contributed by atoms with Crippen LogP contribution in [0.25, 0.3) is 0 Å². The number of halogens is 1. The smallest absolute Gasteiger partial charge is 0.141 e. The lowest BCUT2D eigenvalue weighted by molar-refractivity contribution is 0.144. The second-order valence-electron chi connectivity index (χ2n) is 4.37. The molecule has 2 N–H and O–H groups in total. The van der Waals surface area contributed by atoms with E-state index in [4.69, 9.17) is 5.73 Å². The van der Waals surface area contributed by atoms with Crippen LogP contribution in [-0.2, 0) is 6.54 Å². The molecule has 1 unspecified atom stereocenters. The van der Waals surface area contributed by atoms with Gasteiger partial charge in [0.2, 0.25) is 0 Å². The van der Waals surface area contributed by atoms with Crippen LogP contribution in [0.5, 0.6) is 0 Å². The summed E-state index contributed by atoms with van der Waals surface area (Å²) in [6.45, 7) is 2.49. The molecule has 1 fully saturated rings. The normalized spacial score (nSPS) is 22.2. The first-order valence-corrected chi connectivity index (χ1v) is 5.83. The number of nitrogens with two attached hydrogens (primary N) is 1. The molecule has 88 valence electrons. The highest BCUT2D eigenvalue weighted by Gasteiger charge is 2.20. The maximum atomic E-state index is 13.0. The molecule has 1 aliphatic heterocycles. The van der Waals surface area contributed by atoms with Gasteiger partial charge in [-0.15, -0.1) is 0 Å². The third kappa shape index (κ3) is 2.77. The van der Waals surface area contributed by atoms with Crippen LogP contribution in [0.1, 0.15) is 24.8 Å². The summed E-state index contributed by atoms with van der Waals surface area (Å²) in [4.78, 5) is 6.20. The van der Waals surface area contributed by atoms with E-state index in [0.29, 0.717) is 12.6 Å². The van der Waals surface area contributed by atoms with Crippen molar-refractivity contribution in [1.82, 2.24) is 9.88 Å². The Morgan fingerprint density at radius 2 is 2.31 bits per heavy atom. The van der Waals surface area contributed by atoms with Crippen molar-refractivity contribution in [3.05, 3.63) is 29.8 Å². The van der Waals surface area contributed by atoms with Crippen molar-refractivity contribution in [3.63, 3.8) is 0 Å². The minimum atomic E-state index is -0.265. The van der Waals surface area contributed by atoms with Crippen LogP contribution in [0.2, 0.25) is 0 Å². The molecule has 2 heterocycles. The van der Waals surface area contributed by atoms with Gasteiger partial charge >= 0.3 is 0 Å². The molecule has 1 aromatic rings. The van der Waals surface area contributed by atoms with E-state index in [-0.39, 0.29) is 5.82 Å². The molecular weight excluding hydrogens is 205 g/mol. The number of rotatable bonds is 3. The predicted octanol–water partition coefficient (Wildman–Crippen LogP) is 1.53. The second-order valence-corrected chi connectivity index (χ2v) is 4.37. The average molecular weight is 223 g/mol.